The second-order valence-corrected chi connectivity index (χ2v) is 5.98. The zero-order valence-electron chi connectivity index (χ0n) is 11.7. The van der Waals surface area contributed by atoms with Crippen molar-refractivity contribution in [3.63, 3.8) is 0 Å². The van der Waals surface area contributed by atoms with E-state index < -0.39 is 17.3 Å². The monoisotopic (exact) mass is 270 g/mol. The van der Waals surface area contributed by atoms with E-state index in [0.717, 1.165) is 6.42 Å². The van der Waals surface area contributed by atoms with Crippen molar-refractivity contribution in [1.82, 2.24) is 10.6 Å². The van der Waals surface area contributed by atoms with Crippen molar-refractivity contribution in [2.45, 2.75) is 46.1 Å². The maximum Gasteiger partial charge on any atom is 0.308 e. The van der Waals surface area contributed by atoms with Gasteiger partial charge in [0, 0.05) is 11.5 Å². The molecule has 2 atom stereocenters. The summed E-state index contributed by atoms with van der Waals surface area (Å²) < 4.78 is 0. The van der Waals surface area contributed by atoms with Crippen molar-refractivity contribution in [1.29, 1.82) is 0 Å². The smallest absolute Gasteiger partial charge is 0.308 e. The lowest BCUT2D eigenvalue weighted by Gasteiger charge is -2.20. The first-order valence-corrected chi connectivity index (χ1v) is 6.52. The summed E-state index contributed by atoms with van der Waals surface area (Å²) in [5.41, 5.74) is -0.544. The molecule has 0 aromatic carbocycles. The molecule has 0 heterocycles. The number of hydrogen-bond acceptors (Lipinski definition) is 3. The topological polar surface area (TPSA) is 95.5 Å². The van der Waals surface area contributed by atoms with E-state index in [1.807, 2.05) is 0 Å². The standard InChI is InChI=1S/C13H22N2O4/c1-13(2,3)12(19)14-7-10(16)15-9-6-4-5-8(9)11(17)18/h8-9H,4-7H2,1-3H3,(H,14,19)(H,15,16)(H,17,18). The van der Waals surface area contributed by atoms with E-state index in [1.165, 1.54) is 0 Å². The van der Waals surface area contributed by atoms with Gasteiger partial charge in [-0.05, 0) is 12.8 Å². The van der Waals surface area contributed by atoms with Gasteiger partial charge in [-0.2, -0.15) is 0 Å². The number of rotatable bonds is 4. The molecule has 0 aromatic rings. The quantitative estimate of drug-likeness (QED) is 0.694. The molecular formula is C13H22N2O4. The number of carboxylic acid groups (broad SMARTS) is 1. The van der Waals surface area contributed by atoms with Crippen LogP contribution in [0.2, 0.25) is 0 Å². The Hall–Kier alpha value is -1.59. The Labute approximate surface area is 112 Å². The average molecular weight is 270 g/mol. The molecule has 0 saturated heterocycles. The van der Waals surface area contributed by atoms with Gasteiger partial charge in [-0.3, -0.25) is 14.4 Å². The summed E-state index contributed by atoms with van der Waals surface area (Å²) in [6, 6.07) is -0.323. The average Bonchev–Trinajstić information content (AvgIpc) is 2.72. The number of carbonyl (C=O) groups excluding carboxylic acids is 2. The Morgan fingerprint density at radius 2 is 1.84 bits per heavy atom. The van der Waals surface area contributed by atoms with Gasteiger partial charge < -0.3 is 15.7 Å². The van der Waals surface area contributed by atoms with Crippen molar-refractivity contribution >= 4 is 17.8 Å². The van der Waals surface area contributed by atoms with E-state index in [-0.39, 0.29) is 24.4 Å². The summed E-state index contributed by atoms with van der Waals surface area (Å²) >= 11 is 0. The molecule has 1 saturated carbocycles. The fourth-order valence-electron chi connectivity index (χ4n) is 2.11. The van der Waals surface area contributed by atoms with E-state index in [9.17, 15) is 14.4 Å². The van der Waals surface area contributed by atoms with E-state index in [2.05, 4.69) is 10.6 Å². The Bertz CT molecular complexity index is 373. The van der Waals surface area contributed by atoms with Crippen LogP contribution in [0.1, 0.15) is 40.0 Å². The maximum absolute atomic E-state index is 11.7. The molecule has 1 aliphatic carbocycles. The summed E-state index contributed by atoms with van der Waals surface area (Å²) in [6.45, 7) is 5.17. The van der Waals surface area contributed by atoms with Gasteiger partial charge in [0.05, 0.1) is 12.5 Å². The number of nitrogens with one attached hydrogen (secondary N) is 2. The predicted molar refractivity (Wildman–Crippen MR) is 69.4 cm³/mol. The zero-order chi connectivity index (χ0) is 14.6. The molecule has 2 unspecified atom stereocenters. The summed E-state index contributed by atoms with van der Waals surface area (Å²) in [6.07, 6.45) is 2.07. The van der Waals surface area contributed by atoms with Crippen LogP contribution in [0.4, 0.5) is 0 Å². The highest BCUT2D eigenvalue weighted by atomic mass is 16.4. The molecule has 0 aromatic heterocycles. The third kappa shape index (κ3) is 4.54. The number of hydrogen-bond donors (Lipinski definition) is 3. The van der Waals surface area contributed by atoms with Crippen molar-refractivity contribution in [2.24, 2.45) is 11.3 Å². The van der Waals surface area contributed by atoms with E-state index >= 15 is 0 Å². The van der Waals surface area contributed by atoms with Crippen LogP contribution in [0.5, 0.6) is 0 Å². The van der Waals surface area contributed by atoms with Gasteiger partial charge in [0.1, 0.15) is 0 Å². The van der Waals surface area contributed by atoms with Gasteiger partial charge in [0.15, 0.2) is 0 Å². The first kappa shape index (κ1) is 15.5. The van der Waals surface area contributed by atoms with Crippen LogP contribution in [0.15, 0.2) is 0 Å². The Kier molecular flexibility index (Phi) is 4.91. The van der Waals surface area contributed by atoms with E-state index in [4.69, 9.17) is 5.11 Å². The van der Waals surface area contributed by atoms with Crippen molar-refractivity contribution < 1.29 is 19.5 Å². The molecule has 6 nitrogen and oxygen atoms in total. The fraction of sp³-hybridized carbons (Fsp3) is 0.769. The number of aliphatic carboxylic acids is 1. The molecule has 2 amide bonds. The summed E-state index contributed by atoms with van der Waals surface area (Å²) in [5, 5.41) is 14.2. The second kappa shape index (κ2) is 6.04. The molecule has 0 radical (unpaired) electrons. The zero-order valence-corrected chi connectivity index (χ0v) is 11.7. The van der Waals surface area contributed by atoms with Gasteiger partial charge >= 0.3 is 5.97 Å². The van der Waals surface area contributed by atoms with Crippen molar-refractivity contribution in [3.8, 4) is 0 Å². The van der Waals surface area contributed by atoms with Crippen molar-refractivity contribution in [3.05, 3.63) is 0 Å². The summed E-state index contributed by atoms with van der Waals surface area (Å²) in [4.78, 5) is 34.2. The lowest BCUT2D eigenvalue weighted by atomic mass is 9.96. The molecule has 1 rings (SSSR count). The summed E-state index contributed by atoms with van der Waals surface area (Å²) in [7, 11) is 0. The lowest BCUT2D eigenvalue weighted by molar-refractivity contribution is -0.142. The maximum atomic E-state index is 11.7. The Balaban J connectivity index is 2.40. The number of amides is 2. The number of carboxylic acids is 1. The third-order valence-corrected chi connectivity index (χ3v) is 3.27. The van der Waals surface area contributed by atoms with Crippen molar-refractivity contribution in [2.75, 3.05) is 6.54 Å². The molecule has 1 aliphatic rings. The largest absolute Gasteiger partial charge is 0.481 e. The van der Waals surface area contributed by atoms with Crippen LogP contribution in [0, 0.1) is 11.3 Å². The fourth-order valence-corrected chi connectivity index (χ4v) is 2.11. The minimum Gasteiger partial charge on any atom is -0.481 e. The van der Waals surface area contributed by atoms with Crippen LogP contribution in [-0.2, 0) is 14.4 Å². The molecule has 108 valence electrons. The van der Waals surface area contributed by atoms with Gasteiger partial charge in [0.2, 0.25) is 11.8 Å². The van der Waals surface area contributed by atoms with Gasteiger partial charge in [-0.15, -0.1) is 0 Å². The molecule has 3 N–H and O–H groups in total. The first-order valence-electron chi connectivity index (χ1n) is 6.52. The summed E-state index contributed by atoms with van der Waals surface area (Å²) in [5.74, 6) is -1.93. The lowest BCUT2D eigenvalue weighted by Crippen LogP contribution is -2.46. The van der Waals surface area contributed by atoms with Crippen LogP contribution in [0.25, 0.3) is 0 Å². The normalized spacial score (nSPS) is 22.9. The van der Waals surface area contributed by atoms with Gasteiger partial charge in [-0.25, -0.2) is 0 Å². The van der Waals surface area contributed by atoms with Gasteiger partial charge in [-0.1, -0.05) is 27.2 Å². The first-order chi connectivity index (χ1) is 8.71. The highest BCUT2D eigenvalue weighted by Crippen LogP contribution is 2.25. The molecule has 0 spiro atoms. The third-order valence-electron chi connectivity index (χ3n) is 3.27. The molecular weight excluding hydrogens is 248 g/mol. The minimum absolute atomic E-state index is 0.112. The predicted octanol–water partition coefficient (Wildman–Crippen LogP) is 0.518. The minimum atomic E-state index is -0.874. The van der Waals surface area contributed by atoms with Crippen LogP contribution >= 0.6 is 0 Å². The van der Waals surface area contributed by atoms with Crippen LogP contribution in [-0.4, -0.2) is 35.5 Å². The van der Waals surface area contributed by atoms with E-state index in [1.54, 1.807) is 20.8 Å². The molecule has 6 heteroatoms. The highest BCUT2D eigenvalue weighted by Gasteiger charge is 2.33. The number of carbonyl (C=O) groups is 3. The second-order valence-electron chi connectivity index (χ2n) is 5.98. The molecule has 0 aliphatic heterocycles. The van der Waals surface area contributed by atoms with Crippen LogP contribution in [0.3, 0.4) is 0 Å². The SMILES string of the molecule is CC(C)(C)C(=O)NCC(=O)NC1CCCC1C(=O)O. The van der Waals surface area contributed by atoms with Gasteiger partial charge in [0.25, 0.3) is 0 Å². The highest BCUT2D eigenvalue weighted by molar-refractivity contribution is 5.87. The Morgan fingerprint density at radius 3 is 2.37 bits per heavy atom. The van der Waals surface area contributed by atoms with Crippen LogP contribution < -0.4 is 10.6 Å². The Morgan fingerprint density at radius 1 is 1.21 bits per heavy atom. The molecule has 0 bridgehead atoms. The van der Waals surface area contributed by atoms with E-state index in [0.29, 0.717) is 12.8 Å². The molecule has 19 heavy (non-hydrogen) atoms. The molecule has 1 fully saturated rings.